The highest BCUT2D eigenvalue weighted by molar-refractivity contribution is 6.35. The summed E-state index contributed by atoms with van der Waals surface area (Å²) in [5.74, 6) is 0.761. The Labute approximate surface area is 92.8 Å². The molecular weight excluding hydrogens is 212 g/mol. The maximum atomic E-state index is 6.03. The van der Waals surface area contributed by atoms with Crippen LogP contribution in [0, 0.1) is 0 Å². The van der Waals surface area contributed by atoms with Crippen LogP contribution in [0.15, 0.2) is 24.4 Å². The summed E-state index contributed by atoms with van der Waals surface area (Å²) in [5, 5.41) is 1.52. The zero-order chi connectivity index (χ0) is 10.8. The van der Waals surface area contributed by atoms with E-state index in [9.17, 15) is 0 Å². The Bertz CT molecular complexity index is 499. The lowest BCUT2D eigenvalue weighted by molar-refractivity contribution is 0.419. The summed E-state index contributed by atoms with van der Waals surface area (Å²) in [5.41, 5.74) is 7.26. The van der Waals surface area contributed by atoms with Gasteiger partial charge in [-0.3, -0.25) is 4.98 Å². The van der Waals surface area contributed by atoms with E-state index in [2.05, 4.69) is 4.98 Å². The number of hydrogen-bond acceptors (Lipinski definition) is 3. The molecule has 0 unspecified atom stereocenters. The van der Waals surface area contributed by atoms with Gasteiger partial charge in [0.2, 0.25) is 0 Å². The summed E-state index contributed by atoms with van der Waals surface area (Å²) < 4.78 is 5.24. The van der Waals surface area contributed by atoms with E-state index in [1.54, 1.807) is 19.4 Å². The topological polar surface area (TPSA) is 48.1 Å². The zero-order valence-corrected chi connectivity index (χ0v) is 9.08. The fourth-order valence-electron chi connectivity index (χ4n) is 1.49. The molecule has 3 nitrogen and oxygen atoms in total. The minimum Gasteiger partial charge on any atom is -0.496 e. The van der Waals surface area contributed by atoms with E-state index in [1.807, 2.05) is 12.1 Å². The number of methoxy groups -OCH3 is 1. The lowest BCUT2D eigenvalue weighted by Crippen LogP contribution is -1.97. The van der Waals surface area contributed by atoms with Crippen LogP contribution in [-0.2, 0) is 6.54 Å². The maximum absolute atomic E-state index is 6.03. The van der Waals surface area contributed by atoms with Gasteiger partial charge in [0.05, 0.1) is 17.6 Å². The number of pyridine rings is 1. The zero-order valence-electron chi connectivity index (χ0n) is 8.33. The molecule has 2 aromatic rings. The molecule has 0 atom stereocenters. The summed E-state index contributed by atoms with van der Waals surface area (Å²) in [6.45, 7) is 0.457. The minimum absolute atomic E-state index is 0.457. The van der Waals surface area contributed by atoms with Crippen LogP contribution in [0.2, 0.25) is 5.02 Å². The second-order valence-electron chi connectivity index (χ2n) is 3.19. The molecule has 0 aliphatic heterocycles. The molecule has 0 saturated carbocycles. The van der Waals surface area contributed by atoms with Gasteiger partial charge in [-0.2, -0.15) is 0 Å². The molecule has 0 bridgehead atoms. The van der Waals surface area contributed by atoms with Gasteiger partial charge in [0.1, 0.15) is 5.75 Å². The van der Waals surface area contributed by atoms with E-state index in [-0.39, 0.29) is 0 Å². The minimum atomic E-state index is 0.457. The quantitative estimate of drug-likeness (QED) is 0.849. The van der Waals surface area contributed by atoms with Crippen molar-refractivity contribution in [3.63, 3.8) is 0 Å². The van der Waals surface area contributed by atoms with E-state index >= 15 is 0 Å². The first kappa shape index (κ1) is 10.2. The number of benzene rings is 1. The SMILES string of the molecule is COc1ccc(Cl)c2ncc(CN)cc12. The second kappa shape index (κ2) is 4.04. The van der Waals surface area contributed by atoms with Crippen molar-refractivity contribution in [1.29, 1.82) is 0 Å². The van der Waals surface area contributed by atoms with Crippen molar-refractivity contribution < 1.29 is 4.74 Å². The highest BCUT2D eigenvalue weighted by Gasteiger charge is 2.06. The monoisotopic (exact) mass is 222 g/mol. The number of nitrogens with zero attached hydrogens (tertiary/aromatic N) is 1. The Morgan fingerprint density at radius 1 is 1.47 bits per heavy atom. The summed E-state index contributed by atoms with van der Waals surface area (Å²) in [6.07, 6.45) is 1.73. The maximum Gasteiger partial charge on any atom is 0.128 e. The normalized spacial score (nSPS) is 10.6. The van der Waals surface area contributed by atoms with Crippen LogP contribution < -0.4 is 10.5 Å². The molecule has 0 radical (unpaired) electrons. The molecule has 2 N–H and O–H groups in total. The Balaban J connectivity index is 2.77. The van der Waals surface area contributed by atoms with Gasteiger partial charge in [0.15, 0.2) is 0 Å². The number of aromatic nitrogens is 1. The number of hydrogen-bond donors (Lipinski definition) is 1. The molecule has 0 saturated heterocycles. The average molecular weight is 223 g/mol. The largest absolute Gasteiger partial charge is 0.496 e. The fraction of sp³-hybridized carbons (Fsp3) is 0.182. The molecule has 15 heavy (non-hydrogen) atoms. The van der Waals surface area contributed by atoms with E-state index < -0.39 is 0 Å². The lowest BCUT2D eigenvalue weighted by atomic mass is 10.1. The van der Waals surface area contributed by atoms with Crippen LogP contribution in [-0.4, -0.2) is 12.1 Å². The Morgan fingerprint density at radius 3 is 2.93 bits per heavy atom. The van der Waals surface area contributed by atoms with Crippen molar-refractivity contribution in [2.75, 3.05) is 7.11 Å². The number of halogens is 1. The summed E-state index contributed by atoms with van der Waals surface area (Å²) in [4.78, 5) is 4.27. The van der Waals surface area contributed by atoms with E-state index in [0.29, 0.717) is 11.6 Å². The molecule has 0 aliphatic rings. The predicted octanol–water partition coefficient (Wildman–Crippen LogP) is 2.36. The third-order valence-electron chi connectivity index (χ3n) is 2.27. The molecule has 0 spiro atoms. The molecule has 78 valence electrons. The molecule has 1 heterocycles. The van der Waals surface area contributed by atoms with E-state index in [4.69, 9.17) is 22.1 Å². The number of ether oxygens (including phenoxy) is 1. The van der Waals surface area contributed by atoms with Crippen molar-refractivity contribution in [2.45, 2.75) is 6.54 Å². The second-order valence-corrected chi connectivity index (χ2v) is 3.60. The van der Waals surface area contributed by atoms with Crippen LogP contribution in [0.5, 0.6) is 5.75 Å². The van der Waals surface area contributed by atoms with Gasteiger partial charge in [0, 0.05) is 18.1 Å². The molecule has 1 aromatic heterocycles. The lowest BCUT2D eigenvalue weighted by Gasteiger charge is -2.07. The van der Waals surface area contributed by atoms with Crippen LogP contribution >= 0.6 is 11.6 Å². The summed E-state index contributed by atoms with van der Waals surface area (Å²) in [7, 11) is 1.62. The van der Waals surface area contributed by atoms with Crippen LogP contribution in [0.1, 0.15) is 5.56 Å². The third kappa shape index (κ3) is 1.76. The van der Waals surface area contributed by atoms with Gasteiger partial charge in [-0.05, 0) is 23.8 Å². The molecular formula is C11H11ClN2O. The van der Waals surface area contributed by atoms with Crippen molar-refractivity contribution >= 4 is 22.5 Å². The highest BCUT2D eigenvalue weighted by atomic mass is 35.5. The van der Waals surface area contributed by atoms with E-state index in [1.165, 1.54) is 0 Å². The van der Waals surface area contributed by atoms with Crippen molar-refractivity contribution in [2.24, 2.45) is 5.73 Å². The highest BCUT2D eigenvalue weighted by Crippen LogP contribution is 2.30. The molecule has 2 rings (SSSR count). The Hall–Kier alpha value is -1.32. The first-order chi connectivity index (χ1) is 7.26. The summed E-state index contributed by atoms with van der Waals surface area (Å²) in [6, 6.07) is 5.55. The van der Waals surface area contributed by atoms with Gasteiger partial charge in [0.25, 0.3) is 0 Å². The van der Waals surface area contributed by atoms with Crippen molar-refractivity contribution in [3.05, 3.63) is 35.0 Å². The third-order valence-corrected chi connectivity index (χ3v) is 2.58. The fourth-order valence-corrected chi connectivity index (χ4v) is 1.71. The van der Waals surface area contributed by atoms with Crippen LogP contribution in [0.3, 0.4) is 0 Å². The summed E-state index contributed by atoms with van der Waals surface area (Å²) >= 11 is 6.03. The first-order valence-electron chi connectivity index (χ1n) is 4.57. The van der Waals surface area contributed by atoms with Gasteiger partial charge < -0.3 is 10.5 Å². The molecule has 0 amide bonds. The molecule has 0 aliphatic carbocycles. The van der Waals surface area contributed by atoms with Crippen molar-refractivity contribution in [3.8, 4) is 5.75 Å². The Morgan fingerprint density at radius 2 is 2.27 bits per heavy atom. The molecule has 0 fully saturated rings. The number of rotatable bonds is 2. The van der Waals surface area contributed by atoms with Gasteiger partial charge in [-0.25, -0.2) is 0 Å². The molecule has 4 heteroatoms. The number of nitrogens with two attached hydrogens (primary N) is 1. The molecule has 1 aromatic carbocycles. The van der Waals surface area contributed by atoms with Gasteiger partial charge in [-0.1, -0.05) is 11.6 Å². The first-order valence-corrected chi connectivity index (χ1v) is 4.95. The number of fused-ring (bicyclic) bond motifs is 1. The van der Waals surface area contributed by atoms with Crippen LogP contribution in [0.25, 0.3) is 10.9 Å². The predicted molar refractivity (Wildman–Crippen MR) is 61.2 cm³/mol. The Kier molecular flexibility index (Phi) is 2.75. The van der Waals surface area contributed by atoms with Gasteiger partial charge >= 0.3 is 0 Å². The van der Waals surface area contributed by atoms with Crippen LogP contribution in [0.4, 0.5) is 0 Å². The average Bonchev–Trinajstić information content (AvgIpc) is 2.29. The van der Waals surface area contributed by atoms with Gasteiger partial charge in [-0.15, -0.1) is 0 Å². The standard InChI is InChI=1S/C11H11ClN2O/c1-15-10-3-2-9(12)11-8(10)4-7(5-13)6-14-11/h2-4,6H,5,13H2,1H3. The van der Waals surface area contributed by atoms with Crippen molar-refractivity contribution in [1.82, 2.24) is 4.98 Å². The smallest absolute Gasteiger partial charge is 0.128 e. The van der Waals surface area contributed by atoms with E-state index in [0.717, 1.165) is 22.2 Å².